The van der Waals surface area contributed by atoms with Crippen LogP contribution < -0.4 is 9.64 Å². The number of benzene rings is 2. The number of anilines is 1. The summed E-state index contributed by atoms with van der Waals surface area (Å²) in [4.78, 5) is 42.7. The molecule has 9 heteroatoms. The number of aliphatic hydroxyl groups excluding tert-OH is 1. The van der Waals surface area contributed by atoms with E-state index < -0.39 is 30.2 Å². The third-order valence-corrected chi connectivity index (χ3v) is 7.54. The number of rotatable bonds is 9. The van der Waals surface area contributed by atoms with Gasteiger partial charge in [0.05, 0.1) is 19.8 Å². The first-order chi connectivity index (χ1) is 18.4. The van der Waals surface area contributed by atoms with Gasteiger partial charge in [0.25, 0.3) is 0 Å². The Balaban J connectivity index is 1.64. The smallest absolute Gasteiger partial charge is 0.416 e. The van der Waals surface area contributed by atoms with E-state index in [0.29, 0.717) is 24.3 Å². The van der Waals surface area contributed by atoms with E-state index in [4.69, 9.17) is 14.2 Å². The van der Waals surface area contributed by atoms with Crippen LogP contribution in [-0.4, -0.2) is 73.0 Å². The molecule has 0 spiro atoms. The molecule has 2 aromatic carbocycles. The number of nitrogens with zero attached hydrogens (tertiary/aromatic N) is 2. The van der Waals surface area contributed by atoms with Crippen molar-refractivity contribution in [3.8, 4) is 5.75 Å². The average molecular weight is 525 g/mol. The second-order valence-corrected chi connectivity index (χ2v) is 9.90. The molecule has 2 aliphatic heterocycles. The number of carbonyl (C=O) groups excluding carboxylic acids is 3. The minimum absolute atomic E-state index is 0.00477. The van der Waals surface area contributed by atoms with Crippen molar-refractivity contribution in [3.05, 3.63) is 60.2 Å². The predicted octanol–water partition coefficient (Wildman–Crippen LogP) is 3.43. The van der Waals surface area contributed by atoms with Gasteiger partial charge in [0.2, 0.25) is 5.91 Å². The molecule has 2 fully saturated rings. The van der Waals surface area contributed by atoms with Crippen LogP contribution in [0.1, 0.15) is 32.3 Å². The van der Waals surface area contributed by atoms with Crippen molar-refractivity contribution < 1.29 is 33.7 Å². The molecule has 5 atom stereocenters. The Morgan fingerprint density at radius 3 is 2.42 bits per heavy atom. The van der Waals surface area contributed by atoms with Crippen LogP contribution in [0.15, 0.2) is 54.6 Å². The maximum atomic E-state index is 13.7. The molecule has 38 heavy (non-hydrogen) atoms. The molecular weight excluding hydrogens is 488 g/mol. The lowest BCUT2D eigenvalue weighted by molar-refractivity contribution is -0.149. The lowest BCUT2D eigenvalue weighted by atomic mass is 9.76. The molecule has 4 rings (SSSR count). The van der Waals surface area contributed by atoms with Gasteiger partial charge in [0, 0.05) is 30.7 Å². The quantitative estimate of drug-likeness (QED) is 0.498. The minimum atomic E-state index is -0.791. The summed E-state index contributed by atoms with van der Waals surface area (Å²) in [5, 5.41) is 10.3. The normalized spacial score (nSPS) is 25.2. The van der Waals surface area contributed by atoms with Gasteiger partial charge in [0.1, 0.15) is 18.4 Å². The van der Waals surface area contributed by atoms with E-state index >= 15 is 0 Å². The van der Waals surface area contributed by atoms with Gasteiger partial charge < -0.3 is 24.2 Å². The van der Waals surface area contributed by atoms with Crippen LogP contribution in [0.3, 0.4) is 0 Å². The van der Waals surface area contributed by atoms with Gasteiger partial charge in [-0.2, -0.15) is 0 Å². The monoisotopic (exact) mass is 524 g/mol. The zero-order valence-corrected chi connectivity index (χ0v) is 22.1. The molecule has 2 aliphatic rings. The number of carbonyl (C=O) groups is 3. The van der Waals surface area contributed by atoms with E-state index in [0.717, 1.165) is 5.56 Å². The Morgan fingerprint density at radius 1 is 1.08 bits per heavy atom. The van der Waals surface area contributed by atoms with Gasteiger partial charge in [-0.1, -0.05) is 37.3 Å². The average Bonchev–Trinajstić information content (AvgIpc) is 3.28. The first kappa shape index (κ1) is 27.4. The standard InChI is InChI=1S/C29H36N2O7/c1-4-37-28(34)27-25(17-32)19(2)14-22(30(27)21-10-12-24(36-3)13-11-21)16-26(33)31-23(18-38-29(31)35)15-20-8-6-5-7-9-20/h5-13,19,22-23,25,27,32H,4,14-18H2,1-3H3/t19-,22+,23-,25-,27-/m0/s1. The van der Waals surface area contributed by atoms with Crippen molar-refractivity contribution in [2.75, 3.05) is 31.8 Å². The molecule has 1 N–H and O–H groups in total. The summed E-state index contributed by atoms with van der Waals surface area (Å²) >= 11 is 0. The molecular formula is C29H36N2O7. The van der Waals surface area contributed by atoms with Gasteiger partial charge >= 0.3 is 12.1 Å². The molecule has 2 amide bonds. The molecule has 0 saturated carbocycles. The summed E-state index contributed by atoms with van der Waals surface area (Å²) in [6, 6.07) is 15.3. The van der Waals surface area contributed by atoms with Crippen LogP contribution >= 0.6 is 0 Å². The van der Waals surface area contributed by atoms with Gasteiger partial charge in [0.15, 0.2) is 0 Å². The molecule has 9 nitrogen and oxygen atoms in total. The van der Waals surface area contributed by atoms with E-state index in [9.17, 15) is 19.5 Å². The lowest BCUT2D eigenvalue weighted by Gasteiger charge is -2.49. The van der Waals surface area contributed by atoms with E-state index in [-0.39, 0.29) is 44.0 Å². The maximum absolute atomic E-state index is 13.7. The summed E-state index contributed by atoms with van der Waals surface area (Å²) in [6.07, 6.45) is 0.404. The van der Waals surface area contributed by atoms with Gasteiger partial charge in [-0.15, -0.1) is 0 Å². The molecule has 0 bridgehead atoms. The minimum Gasteiger partial charge on any atom is -0.497 e. The molecule has 0 radical (unpaired) electrons. The Morgan fingerprint density at radius 2 is 1.79 bits per heavy atom. The molecule has 2 saturated heterocycles. The number of amides is 2. The molecule has 0 aromatic heterocycles. The van der Waals surface area contributed by atoms with Crippen molar-refractivity contribution >= 4 is 23.7 Å². The van der Waals surface area contributed by atoms with Crippen LogP contribution in [0.5, 0.6) is 5.75 Å². The van der Waals surface area contributed by atoms with E-state index in [1.807, 2.05) is 54.3 Å². The summed E-state index contributed by atoms with van der Waals surface area (Å²) in [6.45, 7) is 3.85. The largest absolute Gasteiger partial charge is 0.497 e. The predicted molar refractivity (Wildman–Crippen MR) is 141 cm³/mol. The van der Waals surface area contributed by atoms with Crippen molar-refractivity contribution in [1.82, 2.24) is 4.90 Å². The number of methoxy groups -OCH3 is 1. The number of piperidine rings is 1. The van der Waals surface area contributed by atoms with Crippen molar-refractivity contribution in [2.45, 2.75) is 51.2 Å². The van der Waals surface area contributed by atoms with Crippen LogP contribution in [0.4, 0.5) is 10.5 Å². The first-order valence-electron chi connectivity index (χ1n) is 13.1. The van der Waals surface area contributed by atoms with Crippen LogP contribution in [0.2, 0.25) is 0 Å². The van der Waals surface area contributed by atoms with Crippen molar-refractivity contribution in [3.63, 3.8) is 0 Å². The molecule has 0 aliphatic carbocycles. The molecule has 2 aromatic rings. The number of ether oxygens (including phenoxy) is 3. The van der Waals surface area contributed by atoms with Gasteiger partial charge in [-0.3, -0.25) is 4.79 Å². The third-order valence-electron chi connectivity index (χ3n) is 7.54. The number of imide groups is 1. The van der Waals surface area contributed by atoms with Gasteiger partial charge in [-0.05, 0) is 55.5 Å². The van der Waals surface area contributed by atoms with Gasteiger partial charge in [-0.25, -0.2) is 14.5 Å². The second-order valence-electron chi connectivity index (χ2n) is 9.90. The highest BCUT2D eigenvalue weighted by molar-refractivity contribution is 5.94. The number of aliphatic hydroxyl groups is 1. The fourth-order valence-electron chi connectivity index (χ4n) is 5.67. The Hall–Kier alpha value is -3.59. The number of hydrogen-bond donors (Lipinski definition) is 1. The highest BCUT2D eigenvalue weighted by atomic mass is 16.6. The fraction of sp³-hybridized carbons (Fsp3) is 0.483. The van der Waals surface area contributed by atoms with Crippen LogP contribution in [-0.2, 0) is 25.5 Å². The summed E-state index contributed by atoms with van der Waals surface area (Å²) in [5.41, 5.74) is 1.71. The zero-order chi connectivity index (χ0) is 27.2. The lowest BCUT2D eigenvalue weighted by Crippen LogP contribution is -2.60. The Labute approximate surface area is 223 Å². The van der Waals surface area contributed by atoms with Crippen molar-refractivity contribution in [1.29, 1.82) is 0 Å². The first-order valence-corrected chi connectivity index (χ1v) is 13.1. The highest BCUT2D eigenvalue weighted by Crippen LogP contribution is 2.39. The SMILES string of the molecule is CCOC(=O)[C@@H]1[C@@H](CO)[C@@H](C)C[C@H](CC(=O)N2C(=O)OC[C@@H]2Cc2ccccc2)N1c1ccc(OC)cc1. The highest BCUT2D eigenvalue weighted by Gasteiger charge is 2.48. The third kappa shape index (κ3) is 5.78. The Kier molecular flexibility index (Phi) is 8.89. The van der Waals surface area contributed by atoms with E-state index in [1.165, 1.54) is 4.90 Å². The molecule has 0 unspecified atom stereocenters. The van der Waals surface area contributed by atoms with E-state index in [1.54, 1.807) is 26.2 Å². The second kappa shape index (κ2) is 12.3. The number of esters is 1. The number of cyclic esters (lactones) is 1. The Bertz CT molecular complexity index is 1110. The molecule has 2 heterocycles. The summed E-state index contributed by atoms with van der Waals surface area (Å²) in [5.74, 6) is -0.595. The van der Waals surface area contributed by atoms with Crippen molar-refractivity contribution in [2.24, 2.45) is 11.8 Å². The maximum Gasteiger partial charge on any atom is 0.416 e. The molecule has 204 valence electrons. The van der Waals surface area contributed by atoms with Crippen LogP contribution in [0, 0.1) is 11.8 Å². The number of hydrogen-bond acceptors (Lipinski definition) is 8. The zero-order valence-electron chi connectivity index (χ0n) is 22.1. The summed E-state index contributed by atoms with van der Waals surface area (Å²) < 4.78 is 16.0. The summed E-state index contributed by atoms with van der Waals surface area (Å²) in [7, 11) is 1.57. The van der Waals surface area contributed by atoms with Crippen LogP contribution in [0.25, 0.3) is 0 Å². The van der Waals surface area contributed by atoms with E-state index in [2.05, 4.69) is 0 Å². The fourth-order valence-corrected chi connectivity index (χ4v) is 5.67. The topological polar surface area (TPSA) is 106 Å².